The van der Waals surface area contributed by atoms with E-state index in [4.69, 9.17) is 5.11 Å². The molecular weight excluding hydrogens is 275 g/mol. The van der Waals surface area contributed by atoms with Gasteiger partial charge in [0.15, 0.2) is 0 Å². The Balaban J connectivity index is 2.82. The lowest BCUT2D eigenvalue weighted by molar-refractivity contribution is -0.138. The van der Waals surface area contributed by atoms with Crippen molar-refractivity contribution >= 4 is 12.0 Å². The van der Waals surface area contributed by atoms with Gasteiger partial charge in [-0.15, -0.1) is 0 Å². The molecule has 0 fully saturated rings. The fourth-order valence-electron chi connectivity index (χ4n) is 1.86. The third-order valence-corrected chi connectivity index (χ3v) is 2.99. The van der Waals surface area contributed by atoms with Gasteiger partial charge in [0.2, 0.25) is 0 Å². The zero-order valence-corrected chi connectivity index (χ0v) is 12.8. The lowest BCUT2D eigenvalue weighted by atomic mass is 10.1. The molecule has 0 radical (unpaired) electrons. The molecule has 0 atom stereocenters. The number of amides is 2. The second-order valence-electron chi connectivity index (χ2n) is 5.92. The molecule has 21 heavy (non-hydrogen) atoms. The third kappa shape index (κ3) is 5.06. The van der Waals surface area contributed by atoms with Crippen LogP contribution in [0, 0.1) is 5.82 Å². The quantitative estimate of drug-likeness (QED) is 0.929. The first kappa shape index (κ1) is 16.9. The first-order chi connectivity index (χ1) is 9.61. The summed E-state index contributed by atoms with van der Waals surface area (Å²) in [5.74, 6) is -1.40. The van der Waals surface area contributed by atoms with Gasteiger partial charge in [-0.2, -0.15) is 0 Å². The molecule has 116 valence electrons. The highest BCUT2D eigenvalue weighted by molar-refractivity contribution is 5.80. The predicted molar refractivity (Wildman–Crippen MR) is 77.4 cm³/mol. The van der Waals surface area contributed by atoms with E-state index in [1.807, 2.05) is 0 Å². The number of hydrogen-bond acceptors (Lipinski definition) is 2. The van der Waals surface area contributed by atoms with Crippen molar-refractivity contribution in [3.63, 3.8) is 0 Å². The maximum Gasteiger partial charge on any atom is 0.323 e. The molecule has 0 unspecified atom stereocenters. The fraction of sp³-hybridized carbons (Fsp3) is 0.467. The second kappa shape index (κ2) is 6.56. The summed E-state index contributed by atoms with van der Waals surface area (Å²) >= 11 is 0. The highest BCUT2D eigenvalue weighted by Crippen LogP contribution is 2.16. The highest BCUT2D eigenvalue weighted by atomic mass is 19.1. The minimum atomic E-state index is -1.06. The number of urea groups is 1. The summed E-state index contributed by atoms with van der Waals surface area (Å²) < 4.78 is 12.9. The van der Waals surface area contributed by atoms with Gasteiger partial charge in [-0.05, 0) is 38.5 Å². The average molecular weight is 296 g/mol. The summed E-state index contributed by atoms with van der Waals surface area (Å²) in [6.45, 7) is 5.25. The molecule has 1 aromatic carbocycles. The molecule has 0 aliphatic carbocycles. The van der Waals surface area contributed by atoms with Crippen LogP contribution in [0.15, 0.2) is 24.3 Å². The Morgan fingerprint density at radius 2 is 1.71 bits per heavy atom. The van der Waals surface area contributed by atoms with Gasteiger partial charge in [0.25, 0.3) is 0 Å². The van der Waals surface area contributed by atoms with Crippen molar-refractivity contribution in [2.24, 2.45) is 0 Å². The van der Waals surface area contributed by atoms with E-state index in [2.05, 4.69) is 0 Å². The Labute approximate surface area is 124 Å². The standard InChI is InChI=1S/C15H21FN2O3/c1-15(2,3)18(10-13(19)20)14(21)17(4)9-11-5-7-12(16)8-6-11/h5-8H,9-10H2,1-4H3,(H,19,20). The van der Waals surface area contributed by atoms with Crippen LogP contribution in [0.25, 0.3) is 0 Å². The van der Waals surface area contributed by atoms with Crippen LogP contribution in [0.3, 0.4) is 0 Å². The van der Waals surface area contributed by atoms with E-state index in [1.54, 1.807) is 40.0 Å². The Morgan fingerprint density at radius 1 is 1.19 bits per heavy atom. The zero-order chi connectivity index (χ0) is 16.2. The number of aliphatic carboxylic acids is 1. The molecule has 0 aromatic heterocycles. The van der Waals surface area contributed by atoms with Crippen molar-refractivity contribution in [1.29, 1.82) is 0 Å². The molecule has 0 saturated carbocycles. The number of carboxylic acids is 1. The molecule has 1 N–H and O–H groups in total. The molecule has 2 amide bonds. The summed E-state index contributed by atoms with van der Waals surface area (Å²) in [5, 5.41) is 8.94. The number of benzene rings is 1. The van der Waals surface area contributed by atoms with Crippen molar-refractivity contribution in [1.82, 2.24) is 9.80 Å². The molecule has 1 aromatic rings. The molecule has 0 spiro atoms. The van der Waals surface area contributed by atoms with E-state index in [1.165, 1.54) is 21.9 Å². The van der Waals surface area contributed by atoms with Gasteiger partial charge in [-0.3, -0.25) is 4.79 Å². The number of rotatable bonds is 4. The van der Waals surface area contributed by atoms with E-state index in [-0.39, 0.29) is 24.9 Å². The van der Waals surface area contributed by atoms with Crippen LogP contribution < -0.4 is 0 Å². The smallest absolute Gasteiger partial charge is 0.323 e. The molecule has 0 saturated heterocycles. The minimum absolute atomic E-state index is 0.283. The number of hydrogen-bond donors (Lipinski definition) is 1. The Bertz CT molecular complexity index is 509. The van der Waals surface area contributed by atoms with Gasteiger partial charge in [0, 0.05) is 19.1 Å². The number of carboxylic acid groups (broad SMARTS) is 1. The number of carbonyl (C=O) groups is 2. The van der Waals surface area contributed by atoms with Gasteiger partial charge in [0.1, 0.15) is 12.4 Å². The lowest BCUT2D eigenvalue weighted by Crippen LogP contribution is -2.52. The second-order valence-corrected chi connectivity index (χ2v) is 5.92. The maximum atomic E-state index is 12.9. The molecule has 0 heterocycles. The first-order valence-corrected chi connectivity index (χ1v) is 6.60. The SMILES string of the molecule is CN(Cc1ccc(F)cc1)C(=O)N(CC(=O)O)C(C)(C)C. The molecule has 1 rings (SSSR count). The summed E-state index contributed by atoms with van der Waals surface area (Å²) in [6.07, 6.45) is 0. The van der Waals surface area contributed by atoms with Crippen molar-refractivity contribution in [3.8, 4) is 0 Å². The van der Waals surface area contributed by atoms with Crippen LogP contribution in [0.4, 0.5) is 9.18 Å². The van der Waals surface area contributed by atoms with Crippen molar-refractivity contribution in [2.45, 2.75) is 32.9 Å². The Hall–Kier alpha value is -2.11. The van der Waals surface area contributed by atoms with E-state index in [9.17, 15) is 14.0 Å². The van der Waals surface area contributed by atoms with Crippen molar-refractivity contribution < 1.29 is 19.1 Å². The molecule has 0 aliphatic rings. The van der Waals surface area contributed by atoms with Crippen molar-refractivity contribution in [2.75, 3.05) is 13.6 Å². The Morgan fingerprint density at radius 3 is 2.14 bits per heavy atom. The van der Waals surface area contributed by atoms with E-state index in [0.717, 1.165) is 5.56 Å². The third-order valence-electron chi connectivity index (χ3n) is 2.99. The van der Waals surface area contributed by atoms with Crippen LogP contribution >= 0.6 is 0 Å². The number of halogens is 1. The van der Waals surface area contributed by atoms with E-state index in [0.29, 0.717) is 0 Å². The maximum absolute atomic E-state index is 12.9. The zero-order valence-electron chi connectivity index (χ0n) is 12.8. The molecular formula is C15H21FN2O3. The number of nitrogens with zero attached hydrogens (tertiary/aromatic N) is 2. The van der Waals surface area contributed by atoms with Crippen LogP contribution in [0.5, 0.6) is 0 Å². The largest absolute Gasteiger partial charge is 0.480 e. The molecule has 5 nitrogen and oxygen atoms in total. The highest BCUT2D eigenvalue weighted by Gasteiger charge is 2.30. The Kier molecular flexibility index (Phi) is 5.29. The van der Waals surface area contributed by atoms with Gasteiger partial charge in [0.05, 0.1) is 0 Å². The first-order valence-electron chi connectivity index (χ1n) is 6.60. The predicted octanol–water partition coefficient (Wildman–Crippen LogP) is 2.56. The topological polar surface area (TPSA) is 60.9 Å². The fourth-order valence-corrected chi connectivity index (χ4v) is 1.86. The van der Waals surface area contributed by atoms with Crippen LogP contribution in [-0.2, 0) is 11.3 Å². The molecule has 0 aliphatic heterocycles. The minimum Gasteiger partial charge on any atom is -0.480 e. The van der Waals surface area contributed by atoms with Gasteiger partial charge in [-0.1, -0.05) is 12.1 Å². The van der Waals surface area contributed by atoms with Gasteiger partial charge < -0.3 is 14.9 Å². The molecule has 0 bridgehead atoms. The average Bonchev–Trinajstić information content (AvgIpc) is 2.36. The molecule has 6 heteroatoms. The summed E-state index contributed by atoms with van der Waals surface area (Å²) in [5.41, 5.74) is 0.170. The summed E-state index contributed by atoms with van der Waals surface area (Å²) in [4.78, 5) is 26.0. The lowest BCUT2D eigenvalue weighted by Gasteiger charge is -2.37. The van der Waals surface area contributed by atoms with Crippen molar-refractivity contribution in [3.05, 3.63) is 35.6 Å². The van der Waals surface area contributed by atoms with E-state index < -0.39 is 11.5 Å². The van der Waals surface area contributed by atoms with E-state index >= 15 is 0 Å². The normalized spacial score (nSPS) is 11.1. The van der Waals surface area contributed by atoms with Crippen LogP contribution in [-0.4, -0.2) is 46.0 Å². The van der Waals surface area contributed by atoms with Gasteiger partial charge >= 0.3 is 12.0 Å². The van der Waals surface area contributed by atoms with Crippen LogP contribution in [0.2, 0.25) is 0 Å². The van der Waals surface area contributed by atoms with Gasteiger partial charge in [-0.25, -0.2) is 9.18 Å². The number of carbonyl (C=O) groups excluding carboxylic acids is 1. The summed E-state index contributed by atoms with van der Waals surface area (Å²) in [7, 11) is 1.59. The monoisotopic (exact) mass is 296 g/mol. The van der Waals surface area contributed by atoms with Crippen LogP contribution in [0.1, 0.15) is 26.3 Å². The summed E-state index contributed by atoms with van der Waals surface area (Å²) in [6, 6.07) is 5.46.